The van der Waals surface area contributed by atoms with Crippen molar-refractivity contribution in [3.63, 3.8) is 0 Å². The third-order valence-electron chi connectivity index (χ3n) is 2.69. The number of ether oxygens (including phenoxy) is 2. The molecule has 1 aliphatic rings. The summed E-state index contributed by atoms with van der Waals surface area (Å²) in [7, 11) is 1.71. The van der Waals surface area contributed by atoms with Crippen LogP contribution < -0.4 is 5.32 Å². The highest BCUT2D eigenvalue weighted by Crippen LogP contribution is 2.18. The van der Waals surface area contributed by atoms with E-state index in [2.05, 4.69) is 24.1 Å². The lowest BCUT2D eigenvalue weighted by Gasteiger charge is -2.43. The molecule has 0 aromatic carbocycles. The van der Waals surface area contributed by atoms with Gasteiger partial charge >= 0.3 is 0 Å². The van der Waals surface area contributed by atoms with Gasteiger partial charge in [-0.05, 0) is 32.5 Å². The van der Waals surface area contributed by atoms with E-state index in [0.29, 0.717) is 0 Å². The Bertz CT molecular complexity index is 234. The lowest BCUT2D eigenvalue weighted by molar-refractivity contribution is -0.0153. The number of rotatable bonds is 4. The van der Waals surface area contributed by atoms with Crippen LogP contribution in [0.4, 0.5) is 0 Å². The van der Waals surface area contributed by atoms with Gasteiger partial charge in [-0.25, -0.2) is 0 Å². The number of morpholine rings is 1. The molecule has 0 aromatic heterocycles. The van der Waals surface area contributed by atoms with E-state index in [1.54, 1.807) is 7.11 Å². The van der Waals surface area contributed by atoms with Crippen LogP contribution in [-0.4, -0.2) is 55.6 Å². The summed E-state index contributed by atoms with van der Waals surface area (Å²) in [5, 5.41) is 4.09. The van der Waals surface area contributed by atoms with Crippen LogP contribution in [0, 0.1) is 0 Å². The molecule has 0 amide bonds. The Kier molecular flexibility index (Phi) is 5.44. The molecule has 0 saturated carbocycles. The second-order valence-corrected chi connectivity index (χ2v) is 4.98. The van der Waals surface area contributed by atoms with Crippen molar-refractivity contribution in [3.05, 3.63) is 0 Å². The lowest BCUT2D eigenvalue weighted by Crippen LogP contribution is -2.58. The van der Waals surface area contributed by atoms with Crippen LogP contribution >= 0.6 is 12.2 Å². The van der Waals surface area contributed by atoms with Crippen molar-refractivity contribution >= 4 is 17.3 Å². The van der Waals surface area contributed by atoms with Crippen molar-refractivity contribution in [2.45, 2.75) is 25.8 Å². The smallest absolute Gasteiger partial charge is 0.169 e. The maximum absolute atomic E-state index is 5.46. The van der Waals surface area contributed by atoms with Gasteiger partial charge in [0.15, 0.2) is 5.11 Å². The normalized spacial score (nSPS) is 19.6. The SMILES string of the molecule is COCCCNC(=S)N1CCOCC1(C)C. The minimum absolute atomic E-state index is 0.0103. The molecule has 0 aromatic rings. The molecule has 0 atom stereocenters. The van der Waals surface area contributed by atoms with E-state index in [4.69, 9.17) is 21.7 Å². The first kappa shape index (κ1) is 13.7. The lowest BCUT2D eigenvalue weighted by atomic mass is 10.0. The predicted molar refractivity (Wildman–Crippen MR) is 68.7 cm³/mol. The van der Waals surface area contributed by atoms with Crippen molar-refractivity contribution in [1.82, 2.24) is 10.2 Å². The maximum atomic E-state index is 5.46. The molecule has 1 fully saturated rings. The van der Waals surface area contributed by atoms with Gasteiger partial charge in [-0.15, -0.1) is 0 Å². The van der Waals surface area contributed by atoms with Crippen LogP contribution in [0.15, 0.2) is 0 Å². The summed E-state index contributed by atoms with van der Waals surface area (Å²) in [6.07, 6.45) is 0.974. The van der Waals surface area contributed by atoms with Crippen molar-refractivity contribution in [1.29, 1.82) is 0 Å². The number of nitrogens with one attached hydrogen (secondary N) is 1. The van der Waals surface area contributed by atoms with E-state index in [0.717, 1.165) is 44.4 Å². The largest absolute Gasteiger partial charge is 0.385 e. The van der Waals surface area contributed by atoms with Gasteiger partial charge in [-0.3, -0.25) is 0 Å². The van der Waals surface area contributed by atoms with Crippen molar-refractivity contribution < 1.29 is 9.47 Å². The van der Waals surface area contributed by atoms with E-state index in [-0.39, 0.29) is 5.54 Å². The Morgan fingerprint density at radius 2 is 2.31 bits per heavy atom. The van der Waals surface area contributed by atoms with Crippen molar-refractivity contribution in [2.75, 3.05) is 40.0 Å². The average molecular weight is 246 g/mol. The molecule has 1 rings (SSSR count). The number of nitrogens with zero attached hydrogens (tertiary/aromatic N) is 1. The first-order chi connectivity index (χ1) is 7.58. The van der Waals surface area contributed by atoms with Crippen LogP contribution in [-0.2, 0) is 9.47 Å². The molecular formula is C11H22N2O2S. The van der Waals surface area contributed by atoms with E-state index in [9.17, 15) is 0 Å². The number of thiocarbonyl (C=S) groups is 1. The molecular weight excluding hydrogens is 224 g/mol. The van der Waals surface area contributed by atoms with Gasteiger partial charge in [0.05, 0.1) is 18.8 Å². The zero-order valence-electron chi connectivity index (χ0n) is 10.4. The highest BCUT2D eigenvalue weighted by Gasteiger charge is 2.31. The molecule has 0 unspecified atom stereocenters. The minimum atomic E-state index is -0.0103. The van der Waals surface area contributed by atoms with E-state index >= 15 is 0 Å². The summed E-state index contributed by atoms with van der Waals surface area (Å²) in [5.41, 5.74) is -0.0103. The quantitative estimate of drug-likeness (QED) is 0.591. The van der Waals surface area contributed by atoms with Gasteiger partial charge in [0.2, 0.25) is 0 Å². The number of hydrogen-bond donors (Lipinski definition) is 1. The number of methoxy groups -OCH3 is 1. The van der Waals surface area contributed by atoms with E-state index < -0.39 is 0 Å². The van der Waals surface area contributed by atoms with Crippen molar-refractivity contribution in [3.8, 4) is 0 Å². The third kappa shape index (κ3) is 3.88. The standard InChI is InChI=1S/C11H22N2O2S/c1-11(2)9-15-8-6-13(11)10(16)12-5-4-7-14-3/h4-9H2,1-3H3,(H,12,16). The summed E-state index contributed by atoms with van der Waals surface area (Å²) < 4.78 is 10.5. The first-order valence-corrected chi connectivity index (χ1v) is 6.11. The molecule has 16 heavy (non-hydrogen) atoms. The van der Waals surface area contributed by atoms with Crippen LogP contribution in [0.25, 0.3) is 0 Å². The Morgan fingerprint density at radius 1 is 1.56 bits per heavy atom. The molecule has 1 N–H and O–H groups in total. The Balaban J connectivity index is 2.34. The van der Waals surface area contributed by atoms with Crippen LogP contribution in [0.1, 0.15) is 20.3 Å². The highest BCUT2D eigenvalue weighted by molar-refractivity contribution is 7.80. The topological polar surface area (TPSA) is 33.7 Å². The molecule has 94 valence electrons. The molecule has 1 saturated heterocycles. The fourth-order valence-corrected chi connectivity index (χ4v) is 2.18. The third-order valence-corrected chi connectivity index (χ3v) is 3.06. The molecule has 1 aliphatic heterocycles. The zero-order chi connectivity index (χ0) is 12.0. The fraction of sp³-hybridized carbons (Fsp3) is 0.909. The maximum Gasteiger partial charge on any atom is 0.169 e. The van der Waals surface area contributed by atoms with Gasteiger partial charge in [-0.2, -0.15) is 0 Å². The van der Waals surface area contributed by atoms with Crippen LogP contribution in [0.5, 0.6) is 0 Å². The summed E-state index contributed by atoms with van der Waals surface area (Å²) in [6, 6.07) is 0. The Labute approximate surface area is 103 Å². The molecule has 0 bridgehead atoms. The summed E-state index contributed by atoms with van der Waals surface area (Å²) in [5.74, 6) is 0. The van der Waals surface area contributed by atoms with Gasteiger partial charge in [0, 0.05) is 26.8 Å². The van der Waals surface area contributed by atoms with E-state index in [1.165, 1.54) is 0 Å². The van der Waals surface area contributed by atoms with E-state index in [1.807, 2.05) is 0 Å². The molecule has 4 nitrogen and oxygen atoms in total. The fourth-order valence-electron chi connectivity index (χ4n) is 1.74. The van der Waals surface area contributed by atoms with Gasteiger partial charge in [-0.1, -0.05) is 0 Å². The predicted octanol–water partition coefficient (Wildman–Crippen LogP) is 1.01. The van der Waals surface area contributed by atoms with Crippen molar-refractivity contribution in [2.24, 2.45) is 0 Å². The summed E-state index contributed by atoms with van der Waals surface area (Å²) in [6.45, 7) is 8.27. The van der Waals surface area contributed by atoms with Gasteiger partial charge < -0.3 is 19.7 Å². The average Bonchev–Trinajstić information content (AvgIpc) is 2.23. The highest BCUT2D eigenvalue weighted by atomic mass is 32.1. The molecule has 1 heterocycles. The minimum Gasteiger partial charge on any atom is -0.385 e. The summed E-state index contributed by atoms with van der Waals surface area (Å²) >= 11 is 5.39. The summed E-state index contributed by atoms with van der Waals surface area (Å²) in [4.78, 5) is 2.21. The molecule has 0 spiro atoms. The van der Waals surface area contributed by atoms with Gasteiger partial charge in [0.1, 0.15) is 0 Å². The van der Waals surface area contributed by atoms with Crippen LogP contribution in [0.2, 0.25) is 0 Å². The molecule has 5 heteroatoms. The monoisotopic (exact) mass is 246 g/mol. The Morgan fingerprint density at radius 3 is 2.94 bits per heavy atom. The number of hydrogen-bond acceptors (Lipinski definition) is 3. The van der Waals surface area contributed by atoms with Gasteiger partial charge in [0.25, 0.3) is 0 Å². The second-order valence-electron chi connectivity index (χ2n) is 4.59. The molecule has 0 radical (unpaired) electrons. The van der Waals surface area contributed by atoms with Crippen LogP contribution in [0.3, 0.4) is 0 Å². The first-order valence-electron chi connectivity index (χ1n) is 5.70. The second kappa shape index (κ2) is 6.37. The molecule has 0 aliphatic carbocycles. The zero-order valence-corrected chi connectivity index (χ0v) is 11.2. The Hall–Kier alpha value is -0.390.